The third-order valence-corrected chi connectivity index (χ3v) is 6.07. The standard InChI is InChI=1S/C21H21F6N7O3S/c1-11-4-12(5-28-16(11)21(25,26)27)18-31-13(7-38-18)30-14(36)6-34-9-29-17(33(3)10-35)15(34)19(37)32(2)8-20(22,23)24/h4-5,7,9-10,16,28H,6,8H2,1-3H3,(H,30,36). The molecule has 0 radical (unpaired) electrons. The van der Waals surface area contributed by atoms with Gasteiger partial charge < -0.3 is 25.0 Å². The van der Waals surface area contributed by atoms with Crippen LogP contribution in [0.5, 0.6) is 0 Å². The molecule has 3 amide bonds. The van der Waals surface area contributed by atoms with Gasteiger partial charge in [0.05, 0.1) is 6.33 Å². The van der Waals surface area contributed by atoms with Crippen LogP contribution in [0.2, 0.25) is 0 Å². The summed E-state index contributed by atoms with van der Waals surface area (Å²) in [6, 6.07) is -1.82. The number of alkyl halides is 6. The van der Waals surface area contributed by atoms with Crippen LogP contribution >= 0.6 is 11.3 Å². The van der Waals surface area contributed by atoms with E-state index in [0.29, 0.717) is 21.9 Å². The number of carbonyl (C=O) groups excluding carboxylic acids is 3. The lowest BCUT2D eigenvalue weighted by Crippen LogP contribution is -2.41. The fourth-order valence-electron chi connectivity index (χ4n) is 3.49. The molecular weight excluding hydrogens is 544 g/mol. The van der Waals surface area contributed by atoms with Crippen molar-refractivity contribution in [2.75, 3.05) is 30.9 Å². The fourth-order valence-corrected chi connectivity index (χ4v) is 4.23. The number of anilines is 2. The molecule has 0 fully saturated rings. The highest BCUT2D eigenvalue weighted by Gasteiger charge is 2.41. The molecule has 1 unspecified atom stereocenters. The van der Waals surface area contributed by atoms with Crippen LogP contribution in [0.4, 0.5) is 38.0 Å². The first-order chi connectivity index (χ1) is 17.6. The van der Waals surface area contributed by atoms with Gasteiger partial charge in [0.2, 0.25) is 12.3 Å². The van der Waals surface area contributed by atoms with Crippen LogP contribution in [0.25, 0.3) is 5.57 Å². The van der Waals surface area contributed by atoms with Gasteiger partial charge in [-0.1, -0.05) is 0 Å². The van der Waals surface area contributed by atoms with Gasteiger partial charge in [-0.25, -0.2) is 9.97 Å². The van der Waals surface area contributed by atoms with Crippen molar-refractivity contribution in [2.24, 2.45) is 0 Å². The monoisotopic (exact) mass is 565 g/mol. The molecule has 2 aromatic heterocycles. The average molecular weight is 566 g/mol. The Labute approximate surface area is 215 Å². The van der Waals surface area contributed by atoms with Crippen LogP contribution in [0.1, 0.15) is 22.4 Å². The van der Waals surface area contributed by atoms with Gasteiger partial charge in [-0.2, -0.15) is 26.3 Å². The summed E-state index contributed by atoms with van der Waals surface area (Å²) in [5.74, 6) is -2.04. The van der Waals surface area contributed by atoms with Crippen molar-refractivity contribution in [1.29, 1.82) is 0 Å². The third-order valence-electron chi connectivity index (χ3n) is 5.18. The van der Waals surface area contributed by atoms with Gasteiger partial charge in [-0.15, -0.1) is 11.3 Å². The lowest BCUT2D eigenvalue weighted by Gasteiger charge is -2.25. The number of hydrogen-bond donors (Lipinski definition) is 2. The zero-order valence-corrected chi connectivity index (χ0v) is 20.8. The number of aromatic nitrogens is 3. The van der Waals surface area contributed by atoms with Crippen molar-refractivity contribution in [3.63, 3.8) is 0 Å². The van der Waals surface area contributed by atoms with Crippen molar-refractivity contribution in [3.8, 4) is 0 Å². The summed E-state index contributed by atoms with van der Waals surface area (Å²) in [4.78, 5) is 45.9. The van der Waals surface area contributed by atoms with E-state index in [1.807, 2.05) is 0 Å². The second kappa shape index (κ2) is 10.8. The number of allylic oxidation sites excluding steroid dienone is 2. The first kappa shape index (κ1) is 28.7. The Hall–Kier alpha value is -3.89. The predicted octanol–water partition coefficient (Wildman–Crippen LogP) is 3.03. The quantitative estimate of drug-likeness (QED) is 0.376. The molecular formula is C21H21F6N7O3S. The minimum atomic E-state index is -4.68. The van der Waals surface area contributed by atoms with E-state index in [0.717, 1.165) is 34.2 Å². The Morgan fingerprint density at radius 2 is 1.92 bits per heavy atom. The highest BCUT2D eigenvalue weighted by molar-refractivity contribution is 7.11. The molecule has 38 heavy (non-hydrogen) atoms. The molecule has 1 aliphatic rings. The second-order valence-electron chi connectivity index (χ2n) is 8.25. The van der Waals surface area contributed by atoms with Crippen LogP contribution in [0.3, 0.4) is 0 Å². The highest BCUT2D eigenvalue weighted by Crippen LogP contribution is 2.32. The molecule has 17 heteroatoms. The molecule has 0 aliphatic carbocycles. The molecule has 206 valence electrons. The van der Waals surface area contributed by atoms with Crippen molar-refractivity contribution in [2.45, 2.75) is 31.9 Å². The molecule has 2 aromatic rings. The topological polar surface area (TPSA) is 112 Å². The normalized spacial score (nSPS) is 15.8. The number of imidazole rings is 1. The minimum Gasteiger partial charge on any atom is -0.376 e. The average Bonchev–Trinajstić information content (AvgIpc) is 3.43. The smallest absolute Gasteiger partial charge is 0.376 e. The number of hydrogen-bond acceptors (Lipinski definition) is 7. The fraction of sp³-hybridized carbons (Fsp3) is 0.381. The number of carbonyl (C=O) groups is 3. The first-order valence-corrected chi connectivity index (χ1v) is 11.5. The maximum absolute atomic E-state index is 13.0. The van der Waals surface area contributed by atoms with E-state index in [1.165, 1.54) is 31.6 Å². The first-order valence-electron chi connectivity index (χ1n) is 10.6. The van der Waals surface area contributed by atoms with Crippen LogP contribution in [-0.4, -0.2) is 76.7 Å². The highest BCUT2D eigenvalue weighted by atomic mass is 32.1. The number of amides is 3. The summed E-state index contributed by atoms with van der Waals surface area (Å²) in [5, 5.41) is 6.49. The third kappa shape index (κ3) is 6.70. The minimum absolute atomic E-state index is 0.0275. The van der Waals surface area contributed by atoms with Gasteiger partial charge in [-0.3, -0.25) is 14.4 Å². The molecule has 3 heterocycles. The van der Waals surface area contributed by atoms with Crippen molar-refractivity contribution < 1.29 is 40.7 Å². The van der Waals surface area contributed by atoms with E-state index < -0.39 is 49.0 Å². The van der Waals surface area contributed by atoms with Gasteiger partial charge in [0.1, 0.15) is 30.0 Å². The number of nitrogens with zero attached hydrogens (tertiary/aromatic N) is 5. The Kier molecular flexibility index (Phi) is 8.18. The Bertz CT molecular complexity index is 1280. The molecule has 0 bridgehead atoms. The lowest BCUT2D eigenvalue weighted by molar-refractivity contribution is -0.144. The maximum Gasteiger partial charge on any atom is 0.412 e. The molecule has 3 rings (SSSR count). The Morgan fingerprint density at radius 1 is 1.24 bits per heavy atom. The van der Waals surface area contributed by atoms with E-state index in [-0.39, 0.29) is 17.2 Å². The van der Waals surface area contributed by atoms with Crippen LogP contribution in [0.15, 0.2) is 29.6 Å². The zero-order valence-electron chi connectivity index (χ0n) is 20.0. The summed E-state index contributed by atoms with van der Waals surface area (Å²) in [6.07, 6.45) is -5.34. The number of nitrogens with one attached hydrogen (secondary N) is 2. The zero-order chi connectivity index (χ0) is 28.4. The number of rotatable bonds is 8. The molecule has 0 saturated carbocycles. The molecule has 10 nitrogen and oxygen atoms in total. The molecule has 0 aromatic carbocycles. The number of thiazole rings is 1. The lowest BCUT2D eigenvalue weighted by atomic mass is 10.0. The maximum atomic E-state index is 13.0. The van der Waals surface area contributed by atoms with Gasteiger partial charge in [0.15, 0.2) is 11.5 Å². The van der Waals surface area contributed by atoms with Crippen LogP contribution in [-0.2, 0) is 16.1 Å². The molecule has 1 atom stereocenters. The SMILES string of the molecule is CC1=CC(c2nc(NC(=O)Cn3cnc(N(C)C=O)c3C(=O)N(C)CC(F)(F)F)cs2)=CNC1C(F)(F)F. The van der Waals surface area contributed by atoms with Gasteiger partial charge >= 0.3 is 12.4 Å². The largest absolute Gasteiger partial charge is 0.412 e. The van der Waals surface area contributed by atoms with E-state index in [4.69, 9.17) is 0 Å². The van der Waals surface area contributed by atoms with Crippen molar-refractivity contribution in [1.82, 2.24) is 24.8 Å². The van der Waals surface area contributed by atoms with Gasteiger partial charge in [0.25, 0.3) is 5.91 Å². The van der Waals surface area contributed by atoms with Crippen LogP contribution in [0, 0.1) is 0 Å². The second-order valence-corrected chi connectivity index (χ2v) is 9.11. The van der Waals surface area contributed by atoms with Gasteiger partial charge in [0, 0.05) is 31.2 Å². The summed E-state index contributed by atoms with van der Waals surface area (Å²) in [6.45, 7) is -0.817. The van der Waals surface area contributed by atoms with E-state index >= 15 is 0 Å². The Morgan fingerprint density at radius 3 is 2.50 bits per heavy atom. The van der Waals surface area contributed by atoms with Crippen molar-refractivity contribution >= 4 is 46.8 Å². The van der Waals surface area contributed by atoms with Crippen LogP contribution < -0.4 is 15.5 Å². The van der Waals surface area contributed by atoms with E-state index in [1.54, 1.807) is 0 Å². The van der Waals surface area contributed by atoms with E-state index in [2.05, 4.69) is 20.6 Å². The van der Waals surface area contributed by atoms with E-state index in [9.17, 15) is 40.7 Å². The summed E-state index contributed by atoms with van der Waals surface area (Å²) < 4.78 is 78.4. The molecule has 2 N–H and O–H groups in total. The van der Waals surface area contributed by atoms with Crippen molar-refractivity contribution in [3.05, 3.63) is 40.3 Å². The summed E-state index contributed by atoms with van der Waals surface area (Å²) >= 11 is 1.05. The molecule has 1 aliphatic heterocycles. The molecule has 0 spiro atoms. The number of halogens is 6. The predicted molar refractivity (Wildman–Crippen MR) is 125 cm³/mol. The summed E-state index contributed by atoms with van der Waals surface area (Å²) in [5.41, 5.74) is -0.0244. The Balaban J connectivity index is 1.76. The van der Waals surface area contributed by atoms with Gasteiger partial charge in [-0.05, 0) is 18.6 Å². The summed E-state index contributed by atoms with van der Waals surface area (Å²) in [7, 11) is 2.15. The molecule has 0 saturated heterocycles. The number of dihydropyridines is 1.